The van der Waals surface area contributed by atoms with Crippen molar-refractivity contribution in [2.24, 2.45) is 5.92 Å². The van der Waals surface area contributed by atoms with Crippen LogP contribution in [-0.2, 0) is 14.3 Å². The monoisotopic (exact) mass is 226 g/mol. The van der Waals surface area contributed by atoms with E-state index in [4.69, 9.17) is 0 Å². The number of methoxy groups -OCH3 is 1. The third-order valence-electron chi connectivity index (χ3n) is 3.22. The molecule has 1 saturated heterocycles. The standard InChI is InChI=1S/C11H18N2O3/c1-16-10(14)6-9-11(15)12-4-5-13(9)7-8-2-3-8/h8-9H,2-7H2,1H3,(H,12,15)/t9-/m1/s1. The van der Waals surface area contributed by atoms with Gasteiger partial charge in [0.2, 0.25) is 5.91 Å². The Hall–Kier alpha value is -1.10. The topological polar surface area (TPSA) is 58.6 Å². The van der Waals surface area contributed by atoms with E-state index >= 15 is 0 Å². The van der Waals surface area contributed by atoms with Gasteiger partial charge in [0.05, 0.1) is 19.6 Å². The summed E-state index contributed by atoms with van der Waals surface area (Å²) in [6.45, 7) is 2.46. The normalized spacial score (nSPS) is 26.3. The molecule has 1 aliphatic heterocycles. The SMILES string of the molecule is COC(=O)C[C@@H]1C(=O)NCCN1CC1CC1. The Morgan fingerprint density at radius 3 is 2.94 bits per heavy atom. The highest BCUT2D eigenvalue weighted by molar-refractivity contribution is 5.87. The Morgan fingerprint density at radius 1 is 1.56 bits per heavy atom. The number of ether oxygens (including phenoxy) is 1. The molecule has 1 amide bonds. The van der Waals surface area contributed by atoms with Crippen LogP contribution in [0.2, 0.25) is 0 Å². The number of carbonyl (C=O) groups is 2. The molecule has 16 heavy (non-hydrogen) atoms. The molecule has 0 spiro atoms. The van der Waals surface area contributed by atoms with Gasteiger partial charge in [-0.3, -0.25) is 14.5 Å². The van der Waals surface area contributed by atoms with Crippen LogP contribution >= 0.6 is 0 Å². The van der Waals surface area contributed by atoms with Gasteiger partial charge < -0.3 is 10.1 Å². The molecule has 0 aromatic rings. The number of carbonyl (C=O) groups excluding carboxylic acids is 2. The Bertz CT molecular complexity index is 289. The molecule has 0 aromatic carbocycles. The second-order valence-electron chi connectivity index (χ2n) is 4.53. The second-order valence-corrected chi connectivity index (χ2v) is 4.53. The smallest absolute Gasteiger partial charge is 0.307 e. The molecular formula is C11H18N2O3. The number of hydrogen-bond donors (Lipinski definition) is 1. The minimum absolute atomic E-state index is 0.0442. The van der Waals surface area contributed by atoms with Crippen LogP contribution in [0.4, 0.5) is 0 Å². The third kappa shape index (κ3) is 2.72. The molecule has 1 N–H and O–H groups in total. The fraction of sp³-hybridized carbons (Fsp3) is 0.818. The summed E-state index contributed by atoms with van der Waals surface area (Å²) in [5.41, 5.74) is 0. The van der Waals surface area contributed by atoms with Gasteiger partial charge in [0.15, 0.2) is 0 Å². The lowest BCUT2D eigenvalue weighted by molar-refractivity contribution is -0.146. The van der Waals surface area contributed by atoms with E-state index in [0.717, 1.165) is 19.0 Å². The molecule has 0 radical (unpaired) electrons. The second kappa shape index (κ2) is 4.82. The summed E-state index contributed by atoms with van der Waals surface area (Å²) in [6.07, 6.45) is 2.67. The number of nitrogens with zero attached hydrogens (tertiary/aromatic N) is 1. The first-order chi connectivity index (χ1) is 7.70. The van der Waals surface area contributed by atoms with Crippen LogP contribution in [0.5, 0.6) is 0 Å². The van der Waals surface area contributed by atoms with Crippen molar-refractivity contribution < 1.29 is 14.3 Å². The van der Waals surface area contributed by atoms with Crippen molar-refractivity contribution in [2.45, 2.75) is 25.3 Å². The van der Waals surface area contributed by atoms with E-state index in [2.05, 4.69) is 15.0 Å². The molecule has 2 fully saturated rings. The van der Waals surface area contributed by atoms with Gasteiger partial charge in [-0.25, -0.2) is 0 Å². The van der Waals surface area contributed by atoms with E-state index < -0.39 is 0 Å². The van der Waals surface area contributed by atoms with E-state index in [1.807, 2.05) is 0 Å². The van der Waals surface area contributed by atoms with Crippen LogP contribution < -0.4 is 5.32 Å². The maximum atomic E-state index is 11.7. The van der Waals surface area contributed by atoms with Gasteiger partial charge in [0.25, 0.3) is 0 Å². The molecule has 1 saturated carbocycles. The molecule has 2 aliphatic rings. The number of piperazine rings is 1. The molecule has 5 nitrogen and oxygen atoms in total. The van der Waals surface area contributed by atoms with Gasteiger partial charge in [0.1, 0.15) is 0 Å². The van der Waals surface area contributed by atoms with Crippen LogP contribution in [0, 0.1) is 5.92 Å². The first kappa shape index (κ1) is 11.4. The van der Waals surface area contributed by atoms with Crippen LogP contribution in [0.1, 0.15) is 19.3 Å². The quantitative estimate of drug-likeness (QED) is 0.672. The van der Waals surface area contributed by atoms with Crippen LogP contribution in [-0.4, -0.2) is 49.6 Å². The molecule has 0 unspecified atom stereocenters. The maximum Gasteiger partial charge on any atom is 0.307 e. The summed E-state index contributed by atoms with van der Waals surface area (Å²) in [7, 11) is 1.36. The highest BCUT2D eigenvalue weighted by Gasteiger charge is 2.35. The minimum atomic E-state index is -0.332. The molecule has 0 bridgehead atoms. The summed E-state index contributed by atoms with van der Waals surface area (Å²) < 4.78 is 4.62. The summed E-state index contributed by atoms with van der Waals surface area (Å²) in [6, 6.07) is -0.332. The minimum Gasteiger partial charge on any atom is -0.469 e. The van der Waals surface area contributed by atoms with E-state index in [1.54, 1.807) is 0 Å². The van der Waals surface area contributed by atoms with Gasteiger partial charge in [0, 0.05) is 19.6 Å². The van der Waals surface area contributed by atoms with E-state index in [9.17, 15) is 9.59 Å². The number of nitrogens with one attached hydrogen (secondary N) is 1. The van der Waals surface area contributed by atoms with Crippen molar-refractivity contribution in [1.82, 2.24) is 10.2 Å². The number of amides is 1. The van der Waals surface area contributed by atoms with Crippen molar-refractivity contribution in [1.29, 1.82) is 0 Å². The molecule has 5 heteroatoms. The van der Waals surface area contributed by atoms with E-state index in [-0.39, 0.29) is 24.3 Å². The maximum absolute atomic E-state index is 11.7. The number of esters is 1. The van der Waals surface area contributed by atoms with Gasteiger partial charge in [-0.1, -0.05) is 0 Å². The molecule has 1 atom stereocenters. The molecule has 1 aliphatic carbocycles. The molecule has 1 heterocycles. The molecule has 90 valence electrons. The molecule has 2 rings (SSSR count). The van der Waals surface area contributed by atoms with Crippen LogP contribution in [0.15, 0.2) is 0 Å². The van der Waals surface area contributed by atoms with Gasteiger partial charge in [-0.05, 0) is 18.8 Å². The van der Waals surface area contributed by atoms with Crippen molar-refractivity contribution in [3.8, 4) is 0 Å². The fourth-order valence-electron chi connectivity index (χ4n) is 2.08. The average Bonchev–Trinajstić information content (AvgIpc) is 3.07. The Labute approximate surface area is 95.1 Å². The Balaban J connectivity index is 1.95. The van der Waals surface area contributed by atoms with E-state index in [0.29, 0.717) is 6.54 Å². The highest BCUT2D eigenvalue weighted by Crippen LogP contribution is 2.30. The van der Waals surface area contributed by atoms with Crippen molar-refractivity contribution in [2.75, 3.05) is 26.7 Å². The first-order valence-electron chi connectivity index (χ1n) is 5.79. The first-order valence-corrected chi connectivity index (χ1v) is 5.79. The Kier molecular flexibility index (Phi) is 3.43. The highest BCUT2D eigenvalue weighted by atomic mass is 16.5. The van der Waals surface area contributed by atoms with E-state index in [1.165, 1.54) is 20.0 Å². The van der Waals surface area contributed by atoms with Gasteiger partial charge in [-0.2, -0.15) is 0 Å². The lowest BCUT2D eigenvalue weighted by Gasteiger charge is -2.34. The van der Waals surface area contributed by atoms with Gasteiger partial charge >= 0.3 is 5.97 Å². The lowest BCUT2D eigenvalue weighted by atomic mass is 10.1. The van der Waals surface area contributed by atoms with Crippen molar-refractivity contribution in [3.63, 3.8) is 0 Å². The fourth-order valence-corrected chi connectivity index (χ4v) is 2.08. The molecule has 0 aromatic heterocycles. The summed E-state index contributed by atoms with van der Waals surface area (Å²) in [4.78, 5) is 25.1. The third-order valence-corrected chi connectivity index (χ3v) is 3.22. The number of rotatable bonds is 4. The van der Waals surface area contributed by atoms with Crippen LogP contribution in [0.25, 0.3) is 0 Å². The lowest BCUT2D eigenvalue weighted by Crippen LogP contribution is -2.56. The largest absolute Gasteiger partial charge is 0.469 e. The predicted octanol–water partition coefficient (Wildman–Crippen LogP) is -0.240. The number of hydrogen-bond acceptors (Lipinski definition) is 4. The Morgan fingerprint density at radius 2 is 2.31 bits per heavy atom. The summed E-state index contributed by atoms with van der Waals surface area (Å²) in [5, 5.41) is 2.80. The molecular weight excluding hydrogens is 208 g/mol. The van der Waals surface area contributed by atoms with Crippen molar-refractivity contribution >= 4 is 11.9 Å². The predicted molar refractivity (Wildman–Crippen MR) is 57.7 cm³/mol. The van der Waals surface area contributed by atoms with Gasteiger partial charge in [-0.15, -0.1) is 0 Å². The zero-order valence-corrected chi connectivity index (χ0v) is 9.57. The van der Waals surface area contributed by atoms with Crippen LogP contribution in [0.3, 0.4) is 0 Å². The summed E-state index contributed by atoms with van der Waals surface area (Å²) in [5.74, 6) is 0.367. The average molecular weight is 226 g/mol. The van der Waals surface area contributed by atoms with Crippen molar-refractivity contribution in [3.05, 3.63) is 0 Å². The summed E-state index contributed by atoms with van der Waals surface area (Å²) >= 11 is 0. The zero-order valence-electron chi connectivity index (χ0n) is 9.57. The zero-order chi connectivity index (χ0) is 11.5.